The molecule has 1 heterocycles. The van der Waals surface area contributed by atoms with E-state index >= 15 is 0 Å². The molecule has 2 unspecified atom stereocenters. The molecule has 94 valence electrons. The predicted octanol–water partition coefficient (Wildman–Crippen LogP) is 0.605. The maximum Gasteiger partial charge on any atom is 0.219 e. The maximum atomic E-state index is 11.4. The van der Waals surface area contributed by atoms with Crippen LogP contribution in [0.2, 0.25) is 0 Å². The number of likely N-dealkylation sites (tertiary alicyclic amines) is 1. The van der Waals surface area contributed by atoms with Gasteiger partial charge in [-0.05, 0) is 25.3 Å². The van der Waals surface area contributed by atoms with Crippen molar-refractivity contribution in [3.05, 3.63) is 0 Å². The average molecular weight is 228 g/mol. The smallest absolute Gasteiger partial charge is 0.219 e. The van der Waals surface area contributed by atoms with Crippen LogP contribution in [0, 0.1) is 5.92 Å². The Hall–Kier alpha value is -0.610. The first-order valence-corrected chi connectivity index (χ1v) is 6.27. The Labute approximate surface area is 98.0 Å². The highest BCUT2D eigenvalue weighted by Gasteiger charge is 2.26. The third kappa shape index (κ3) is 4.10. The molecule has 1 rings (SSSR count). The molecule has 1 saturated heterocycles. The van der Waals surface area contributed by atoms with Crippen LogP contribution in [0.4, 0.5) is 0 Å². The molecule has 0 aromatic carbocycles. The zero-order chi connectivity index (χ0) is 12.0. The molecule has 0 saturated carbocycles. The number of carbonyl (C=O) groups excluding carboxylic acids is 1. The van der Waals surface area contributed by atoms with E-state index in [1.165, 1.54) is 0 Å². The van der Waals surface area contributed by atoms with E-state index in [1.54, 1.807) is 6.92 Å². The summed E-state index contributed by atoms with van der Waals surface area (Å²) in [6.07, 6.45) is 3.06. The number of nitrogens with one attached hydrogen (secondary N) is 1. The van der Waals surface area contributed by atoms with E-state index in [1.807, 2.05) is 4.90 Å². The highest BCUT2D eigenvalue weighted by Crippen LogP contribution is 2.19. The van der Waals surface area contributed by atoms with E-state index in [9.17, 15) is 4.79 Å². The first-order chi connectivity index (χ1) is 7.67. The van der Waals surface area contributed by atoms with Crippen molar-refractivity contribution >= 4 is 5.91 Å². The Morgan fingerprint density at radius 3 is 2.81 bits per heavy atom. The second-order valence-electron chi connectivity index (χ2n) is 4.66. The van der Waals surface area contributed by atoms with E-state index in [-0.39, 0.29) is 12.5 Å². The zero-order valence-electron chi connectivity index (χ0n) is 10.4. The lowest BCUT2D eigenvalue weighted by Gasteiger charge is -2.37. The van der Waals surface area contributed by atoms with Gasteiger partial charge in [0.2, 0.25) is 5.91 Å². The first-order valence-electron chi connectivity index (χ1n) is 6.27. The van der Waals surface area contributed by atoms with Crippen LogP contribution in [0.15, 0.2) is 0 Å². The third-order valence-electron chi connectivity index (χ3n) is 3.33. The largest absolute Gasteiger partial charge is 0.396 e. The molecule has 0 radical (unpaired) electrons. The molecule has 1 aliphatic rings. The summed E-state index contributed by atoms with van der Waals surface area (Å²) in [7, 11) is 0. The fourth-order valence-corrected chi connectivity index (χ4v) is 2.29. The van der Waals surface area contributed by atoms with Crippen molar-refractivity contribution in [3.8, 4) is 0 Å². The topological polar surface area (TPSA) is 52.6 Å². The number of aliphatic hydroxyl groups is 1. The highest BCUT2D eigenvalue weighted by atomic mass is 16.3. The summed E-state index contributed by atoms with van der Waals surface area (Å²) in [5.41, 5.74) is 0. The molecule has 1 amide bonds. The molecule has 1 fully saturated rings. The number of piperidine rings is 1. The van der Waals surface area contributed by atoms with Crippen LogP contribution >= 0.6 is 0 Å². The van der Waals surface area contributed by atoms with Gasteiger partial charge in [-0.3, -0.25) is 4.79 Å². The molecule has 0 spiro atoms. The quantitative estimate of drug-likeness (QED) is 0.678. The molecule has 0 bridgehead atoms. The van der Waals surface area contributed by atoms with E-state index in [2.05, 4.69) is 12.2 Å². The number of hydrogen-bond donors (Lipinski definition) is 2. The standard InChI is InChI=1S/C12H24N2O2/c1-3-11-7-12(13-5-4-6-15)9-14(8-11)10(2)16/h11-13,15H,3-9H2,1-2H3. The van der Waals surface area contributed by atoms with Gasteiger partial charge in [0.1, 0.15) is 0 Å². The second-order valence-corrected chi connectivity index (χ2v) is 4.66. The number of aliphatic hydroxyl groups excluding tert-OH is 1. The van der Waals surface area contributed by atoms with Gasteiger partial charge in [-0.25, -0.2) is 0 Å². The number of hydrogen-bond acceptors (Lipinski definition) is 3. The molecule has 0 aromatic rings. The van der Waals surface area contributed by atoms with Gasteiger partial charge in [-0.2, -0.15) is 0 Å². The summed E-state index contributed by atoms with van der Waals surface area (Å²) < 4.78 is 0. The van der Waals surface area contributed by atoms with Gasteiger partial charge in [-0.15, -0.1) is 0 Å². The first kappa shape index (κ1) is 13.5. The summed E-state index contributed by atoms with van der Waals surface area (Å²) in [5.74, 6) is 0.788. The Bertz CT molecular complexity index is 221. The monoisotopic (exact) mass is 228 g/mol. The molecule has 0 aromatic heterocycles. The zero-order valence-corrected chi connectivity index (χ0v) is 10.4. The van der Waals surface area contributed by atoms with E-state index in [4.69, 9.17) is 5.11 Å². The number of nitrogens with zero attached hydrogens (tertiary/aromatic N) is 1. The van der Waals surface area contributed by atoms with Gasteiger partial charge in [0.15, 0.2) is 0 Å². The highest BCUT2D eigenvalue weighted by molar-refractivity contribution is 5.73. The Balaban J connectivity index is 2.41. The average Bonchev–Trinajstić information content (AvgIpc) is 2.29. The van der Waals surface area contributed by atoms with Crippen molar-refractivity contribution in [2.75, 3.05) is 26.2 Å². The van der Waals surface area contributed by atoms with Crippen molar-refractivity contribution < 1.29 is 9.90 Å². The normalized spacial score (nSPS) is 25.8. The molecule has 0 aliphatic carbocycles. The lowest BCUT2D eigenvalue weighted by Crippen LogP contribution is -2.50. The van der Waals surface area contributed by atoms with Gasteiger partial charge < -0.3 is 15.3 Å². The molecular formula is C12H24N2O2. The number of amides is 1. The van der Waals surface area contributed by atoms with Crippen molar-refractivity contribution in [1.82, 2.24) is 10.2 Å². The van der Waals surface area contributed by atoms with Crippen LogP contribution in [-0.4, -0.2) is 48.2 Å². The summed E-state index contributed by atoms with van der Waals surface area (Å²) in [6.45, 7) is 6.61. The van der Waals surface area contributed by atoms with Crippen molar-refractivity contribution in [3.63, 3.8) is 0 Å². The fraction of sp³-hybridized carbons (Fsp3) is 0.917. The molecule has 1 aliphatic heterocycles. The van der Waals surface area contributed by atoms with Crippen molar-refractivity contribution in [1.29, 1.82) is 0 Å². The van der Waals surface area contributed by atoms with Crippen LogP contribution in [0.1, 0.15) is 33.1 Å². The summed E-state index contributed by atoms with van der Waals surface area (Å²) in [5, 5.41) is 12.1. The SMILES string of the molecule is CCC1CC(NCCCO)CN(C(C)=O)C1. The Morgan fingerprint density at radius 1 is 1.50 bits per heavy atom. The van der Waals surface area contributed by atoms with Crippen LogP contribution in [0.5, 0.6) is 0 Å². The summed E-state index contributed by atoms with van der Waals surface area (Å²) >= 11 is 0. The van der Waals surface area contributed by atoms with Gasteiger partial charge in [0.05, 0.1) is 0 Å². The van der Waals surface area contributed by atoms with Gasteiger partial charge >= 0.3 is 0 Å². The van der Waals surface area contributed by atoms with Crippen molar-refractivity contribution in [2.45, 2.75) is 39.2 Å². The lowest BCUT2D eigenvalue weighted by molar-refractivity contribution is -0.131. The molecule has 4 nitrogen and oxygen atoms in total. The van der Waals surface area contributed by atoms with E-state index in [0.29, 0.717) is 12.0 Å². The van der Waals surface area contributed by atoms with Crippen LogP contribution < -0.4 is 5.32 Å². The minimum Gasteiger partial charge on any atom is -0.396 e. The number of carbonyl (C=O) groups is 1. The molecule has 2 atom stereocenters. The molecular weight excluding hydrogens is 204 g/mol. The lowest BCUT2D eigenvalue weighted by atomic mass is 9.92. The minimum absolute atomic E-state index is 0.173. The Kier molecular flexibility index (Phi) is 5.77. The third-order valence-corrected chi connectivity index (χ3v) is 3.33. The van der Waals surface area contributed by atoms with Gasteiger partial charge in [0.25, 0.3) is 0 Å². The second kappa shape index (κ2) is 6.86. The number of rotatable bonds is 5. The molecule has 16 heavy (non-hydrogen) atoms. The summed E-state index contributed by atoms with van der Waals surface area (Å²) in [6, 6.07) is 0.397. The van der Waals surface area contributed by atoms with Crippen LogP contribution in [0.3, 0.4) is 0 Å². The van der Waals surface area contributed by atoms with Gasteiger partial charge in [0, 0.05) is 32.7 Å². The van der Waals surface area contributed by atoms with Crippen LogP contribution in [0.25, 0.3) is 0 Å². The minimum atomic E-state index is 0.173. The predicted molar refractivity (Wildman–Crippen MR) is 64.1 cm³/mol. The van der Waals surface area contributed by atoms with Crippen LogP contribution in [-0.2, 0) is 4.79 Å². The Morgan fingerprint density at radius 2 is 2.25 bits per heavy atom. The van der Waals surface area contributed by atoms with Crippen molar-refractivity contribution in [2.24, 2.45) is 5.92 Å². The molecule has 2 N–H and O–H groups in total. The molecule has 4 heteroatoms. The van der Waals surface area contributed by atoms with E-state index in [0.717, 1.165) is 38.9 Å². The van der Waals surface area contributed by atoms with Gasteiger partial charge in [-0.1, -0.05) is 13.3 Å². The summed E-state index contributed by atoms with van der Waals surface area (Å²) in [4.78, 5) is 13.3. The fourth-order valence-electron chi connectivity index (χ4n) is 2.29. The van der Waals surface area contributed by atoms with E-state index < -0.39 is 0 Å². The maximum absolute atomic E-state index is 11.4.